The predicted molar refractivity (Wildman–Crippen MR) is 41.3 cm³/mol. The largest absolute Gasteiger partial charge is 0.275 e. The lowest BCUT2D eigenvalue weighted by molar-refractivity contribution is 0.107. The fourth-order valence-corrected chi connectivity index (χ4v) is 1.13. The molecule has 0 saturated heterocycles. The first-order valence-electron chi connectivity index (χ1n) is 3.18. The van der Waals surface area contributed by atoms with Crippen LogP contribution in [0.4, 0.5) is 8.78 Å². The predicted octanol–water partition coefficient (Wildman–Crippen LogP) is 2.65. The second-order valence-electron chi connectivity index (χ2n) is 2.30. The Labute approximate surface area is 73.0 Å². The van der Waals surface area contributed by atoms with Crippen LogP contribution in [0.15, 0.2) is 12.1 Å². The Kier molecular flexibility index (Phi) is 2.43. The van der Waals surface area contributed by atoms with Crippen LogP contribution in [0.25, 0.3) is 0 Å². The zero-order valence-corrected chi connectivity index (χ0v) is 6.95. The molecule has 0 heterocycles. The summed E-state index contributed by atoms with van der Waals surface area (Å²) < 4.78 is 25.6. The number of benzene rings is 1. The Morgan fingerprint density at radius 1 is 1.33 bits per heavy atom. The lowest BCUT2D eigenvalue weighted by Crippen LogP contribution is -2.00. The summed E-state index contributed by atoms with van der Waals surface area (Å²) in [7, 11) is 0. The quantitative estimate of drug-likeness (QED) is 0.623. The van der Waals surface area contributed by atoms with Crippen molar-refractivity contribution < 1.29 is 13.6 Å². The highest BCUT2D eigenvalue weighted by Crippen LogP contribution is 2.17. The van der Waals surface area contributed by atoms with Gasteiger partial charge in [0.05, 0.1) is 5.56 Å². The van der Waals surface area contributed by atoms with Gasteiger partial charge in [-0.05, 0) is 36.2 Å². The van der Waals surface area contributed by atoms with Crippen LogP contribution in [-0.2, 0) is 0 Å². The van der Waals surface area contributed by atoms with E-state index < -0.39 is 22.4 Å². The molecule has 0 fully saturated rings. The lowest BCUT2D eigenvalue weighted by atomic mass is 10.1. The lowest BCUT2D eigenvalue weighted by Gasteiger charge is -2.02. The van der Waals surface area contributed by atoms with Gasteiger partial charge in [0, 0.05) is 0 Å². The summed E-state index contributed by atoms with van der Waals surface area (Å²) in [6.45, 7) is 1.30. The molecule has 0 amide bonds. The number of halogens is 3. The maximum Gasteiger partial charge on any atom is 0.255 e. The van der Waals surface area contributed by atoms with Gasteiger partial charge in [-0.1, -0.05) is 0 Å². The third-order valence-corrected chi connectivity index (χ3v) is 1.73. The van der Waals surface area contributed by atoms with Crippen LogP contribution in [-0.4, -0.2) is 5.24 Å². The Bertz CT molecular complexity index is 336. The van der Waals surface area contributed by atoms with E-state index in [-0.39, 0.29) is 5.56 Å². The van der Waals surface area contributed by atoms with Crippen LogP contribution in [0.1, 0.15) is 15.9 Å². The summed E-state index contributed by atoms with van der Waals surface area (Å²) in [5.41, 5.74) is -0.452. The molecule has 0 bridgehead atoms. The first-order chi connectivity index (χ1) is 5.54. The number of rotatable bonds is 1. The maximum absolute atomic E-state index is 12.8. The van der Waals surface area contributed by atoms with Crippen LogP contribution in [0.5, 0.6) is 0 Å². The summed E-state index contributed by atoms with van der Waals surface area (Å²) in [5, 5.41) is -0.982. The number of hydrogen-bond acceptors (Lipinski definition) is 1. The van der Waals surface area contributed by atoms with Gasteiger partial charge >= 0.3 is 0 Å². The molecule has 0 atom stereocenters. The summed E-state index contributed by atoms with van der Waals surface area (Å²) in [5.74, 6) is -1.44. The monoisotopic (exact) mass is 190 g/mol. The highest BCUT2D eigenvalue weighted by atomic mass is 35.5. The number of carbonyl (C=O) groups is 1. The van der Waals surface area contributed by atoms with E-state index in [4.69, 9.17) is 11.6 Å². The van der Waals surface area contributed by atoms with E-state index in [2.05, 4.69) is 0 Å². The molecule has 1 rings (SSSR count). The fourth-order valence-electron chi connectivity index (χ4n) is 0.894. The summed E-state index contributed by atoms with van der Waals surface area (Å²) in [4.78, 5) is 10.6. The van der Waals surface area contributed by atoms with Crippen molar-refractivity contribution in [3.63, 3.8) is 0 Å². The van der Waals surface area contributed by atoms with E-state index in [1.54, 1.807) is 0 Å². The van der Waals surface area contributed by atoms with Crippen LogP contribution in [0.2, 0.25) is 0 Å². The van der Waals surface area contributed by atoms with Crippen molar-refractivity contribution in [1.29, 1.82) is 0 Å². The third-order valence-electron chi connectivity index (χ3n) is 1.54. The molecule has 0 saturated carbocycles. The third kappa shape index (κ3) is 1.46. The number of hydrogen-bond donors (Lipinski definition) is 0. The molecule has 12 heavy (non-hydrogen) atoms. The van der Waals surface area contributed by atoms with Crippen molar-refractivity contribution in [2.45, 2.75) is 6.92 Å². The molecule has 0 aromatic heterocycles. The molecule has 0 spiro atoms. The molecule has 0 aliphatic rings. The van der Waals surface area contributed by atoms with E-state index in [9.17, 15) is 13.6 Å². The van der Waals surface area contributed by atoms with Gasteiger partial charge in [0.2, 0.25) is 0 Å². The fraction of sp³-hybridized carbons (Fsp3) is 0.125. The molecule has 1 aromatic rings. The molecular weight excluding hydrogens is 186 g/mol. The SMILES string of the molecule is Cc1c(F)ccc(F)c1C(=O)Cl. The van der Waals surface area contributed by atoms with Crippen LogP contribution in [0, 0.1) is 18.6 Å². The van der Waals surface area contributed by atoms with Gasteiger partial charge in [-0.3, -0.25) is 4.79 Å². The van der Waals surface area contributed by atoms with E-state index in [0.29, 0.717) is 0 Å². The Hall–Kier alpha value is -0.960. The molecule has 4 heteroatoms. The van der Waals surface area contributed by atoms with Crippen molar-refractivity contribution in [3.8, 4) is 0 Å². The molecule has 0 radical (unpaired) electrons. The topological polar surface area (TPSA) is 17.1 Å². The van der Waals surface area contributed by atoms with Gasteiger partial charge in [0.25, 0.3) is 5.24 Å². The molecule has 0 N–H and O–H groups in total. The van der Waals surface area contributed by atoms with Gasteiger partial charge in [0.15, 0.2) is 0 Å². The van der Waals surface area contributed by atoms with Crippen molar-refractivity contribution in [3.05, 3.63) is 34.9 Å². The Morgan fingerprint density at radius 2 is 1.83 bits per heavy atom. The van der Waals surface area contributed by atoms with E-state index in [1.807, 2.05) is 0 Å². The summed E-state index contributed by atoms with van der Waals surface area (Å²) >= 11 is 5.04. The van der Waals surface area contributed by atoms with E-state index >= 15 is 0 Å². The molecule has 1 aromatic carbocycles. The highest BCUT2D eigenvalue weighted by molar-refractivity contribution is 6.67. The molecule has 64 valence electrons. The van der Waals surface area contributed by atoms with E-state index in [1.165, 1.54) is 6.92 Å². The van der Waals surface area contributed by atoms with Gasteiger partial charge in [-0.2, -0.15) is 0 Å². The van der Waals surface area contributed by atoms with Gasteiger partial charge in [-0.15, -0.1) is 0 Å². The zero-order valence-electron chi connectivity index (χ0n) is 6.20. The summed E-state index contributed by atoms with van der Waals surface area (Å²) in [6, 6.07) is 1.83. The van der Waals surface area contributed by atoms with Gasteiger partial charge < -0.3 is 0 Å². The van der Waals surface area contributed by atoms with Crippen LogP contribution < -0.4 is 0 Å². The Morgan fingerprint density at radius 3 is 2.25 bits per heavy atom. The standard InChI is InChI=1S/C8H5ClF2O/c1-4-5(10)2-3-6(11)7(4)8(9)12/h2-3H,1H3. The second kappa shape index (κ2) is 3.19. The average Bonchev–Trinajstić information content (AvgIpc) is 1.97. The van der Waals surface area contributed by atoms with Crippen molar-refractivity contribution in [1.82, 2.24) is 0 Å². The van der Waals surface area contributed by atoms with Gasteiger partial charge in [0.1, 0.15) is 11.6 Å². The smallest absolute Gasteiger partial charge is 0.255 e. The molecule has 1 nitrogen and oxygen atoms in total. The maximum atomic E-state index is 12.8. The van der Waals surface area contributed by atoms with Gasteiger partial charge in [-0.25, -0.2) is 8.78 Å². The van der Waals surface area contributed by atoms with Crippen molar-refractivity contribution >= 4 is 16.8 Å². The summed E-state index contributed by atoms with van der Waals surface area (Å²) in [6.07, 6.45) is 0. The minimum atomic E-state index is -0.982. The second-order valence-corrected chi connectivity index (χ2v) is 2.65. The molecule has 0 aliphatic heterocycles. The van der Waals surface area contributed by atoms with Crippen molar-refractivity contribution in [2.75, 3.05) is 0 Å². The van der Waals surface area contributed by atoms with Crippen LogP contribution >= 0.6 is 11.6 Å². The van der Waals surface area contributed by atoms with E-state index in [0.717, 1.165) is 12.1 Å². The average molecular weight is 191 g/mol. The Balaban J connectivity index is 3.43. The molecular formula is C8H5ClF2O. The number of carbonyl (C=O) groups excluding carboxylic acids is 1. The minimum Gasteiger partial charge on any atom is -0.275 e. The minimum absolute atomic E-state index is 0.0602. The van der Waals surface area contributed by atoms with Crippen LogP contribution in [0.3, 0.4) is 0 Å². The first-order valence-corrected chi connectivity index (χ1v) is 3.56. The normalized spacial score (nSPS) is 10.0. The zero-order chi connectivity index (χ0) is 9.30. The van der Waals surface area contributed by atoms with Crippen molar-refractivity contribution in [2.24, 2.45) is 0 Å². The highest BCUT2D eigenvalue weighted by Gasteiger charge is 2.14. The molecule has 0 aliphatic carbocycles. The first kappa shape index (κ1) is 9.13. The molecule has 0 unspecified atom stereocenters.